The Bertz CT molecular complexity index is 248. The lowest BCUT2D eigenvalue weighted by atomic mass is 10.1. The van der Waals surface area contributed by atoms with Gasteiger partial charge in [-0.15, -0.1) is 0 Å². The third-order valence-corrected chi connectivity index (χ3v) is 3.58. The molecule has 2 fully saturated rings. The number of rotatable bonds is 2. The Kier molecular flexibility index (Phi) is 4.62. The molecule has 98 valence electrons. The summed E-state index contributed by atoms with van der Waals surface area (Å²) in [4.78, 5) is 16.3. The number of carbonyl (C=O) groups excluding carboxylic acids is 1. The van der Waals surface area contributed by atoms with Crippen LogP contribution >= 0.6 is 0 Å². The smallest absolute Gasteiger partial charge is 0.320 e. The third kappa shape index (κ3) is 3.10. The van der Waals surface area contributed by atoms with Crippen LogP contribution in [0.4, 0.5) is 4.79 Å². The quantitative estimate of drug-likeness (QED) is 0.766. The summed E-state index contributed by atoms with van der Waals surface area (Å²) in [5.41, 5.74) is 0. The first kappa shape index (κ1) is 12.6. The second-order valence-electron chi connectivity index (χ2n) is 4.67. The number of ether oxygens (including phenoxy) is 1. The molecule has 0 spiro atoms. The molecule has 5 nitrogen and oxygen atoms in total. The molecular weight excluding hydrogens is 218 g/mol. The van der Waals surface area contributed by atoms with Crippen LogP contribution in [0.5, 0.6) is 0 Å². The van der Waals surface area contributed by atoms with Gasteiger partial charge in [0, 0.05) is 32.2 Å². The zero-order valence-corrected chi connectivity index (χ0v) is 10.7. The average Bonchev–Trinajstić information content (AvgIpc) is 2.42. The summed E-state index contributed by atoms with van der Waals surface area (Å²) in [7, 11) is 0. The highest BCUT2D eigenvalue weighted by atomic mass is 16.5. The summed E-state index contributed by atoms with van der Waals surface area (Å²) in [6, 6.07) is 0.550. The van der Waals surface area contributed by atoms with Gasteiger partial charge in [-0.25, -0.2) is 4.79 Å². The van der Waals surface area contributed by atoms with E-state index in [-0.39, 0.29) is 6.03 Å². The number of nitrogens with zero attached hydrogens (tertiary/aromatic N) is 2. The molecule has 0 aromatic rings. The summed E-state index contributed by atoms with van der Waals surface area (Å²) in [6.45, 7) is 7.68. The van der Waals surface area contributed by atoms with Crippen LogP contribution in [0.25, 0.3) is 0 Å². The van der Waals surface area contributed by atoms with Gasteiger partial charge in [-0.3, -0.25) is 0 Å². The summed E-state index contributed by atoms with van der Waals surface area (Å²) >= 11 is 0. The molecule has 0 radical (unpaired) electrons. The van der Waals surface area contributed by atoms with E-state index < -0.39 is 0 Å². The van der Waals surface area contributed by atoms with Crippen LogP contribution in [0.3, 0.4) is 0 Å². The minimum absolute atomic E-state index is 0.185. The van der Waals surface area contributed by atoms with Crippen LogP contribution in [0.2, 0.25) is 0 Å². The zero-order valence-electron chi connectivity index (χ0n) is 10.7. The minimum Gasteiger partial charge on any atom is -0.378 e. The van der Waals surface area contributed by atoms with Crippen molar-refractivity contribution in [1.29, 1.82) is 0 Å². The van der Waals surface area contributed by atoms with Gasteiger partial charge in [0.1, 0.15) is 0 Å². The van der Waals surface area contributed by atoms with Crippen molar-refractivity contribution in [1.82, 2.24) is 15.1 Å². The number of amides is 2. The molecule has 17 heavy (non-hydrogen) atoms. The molecule has 2 amide bonds. The van der Waals surface area contributed by atoms with E-state index in [1.165, 1.54) is 0 Å². The Balaban J connectivity index is 1.93. The largest absolute Gasteiger partial charge is 0.378 e. The topological polar surface area (TPSA) is 44.8 Å². The highest BCUT2D eigenvalue weighted by Gasteiger charge is 2.28. The number of nitrogens with one attached hydrogen (secondary N) is 1. The molecule has 1 N–H and O–H groups in total. The van der Waals surface area contributed by atoms with E-state index in [1.54, 1.807) is 0 Å². The highest BCUT2D eigenvalue weighted by molar-refractivity contribution is 5.75. The van der Waals surface area contributed by atoms with E-state index in [2.05, 4.69) is 12.2 Å². The Morgan fingerprint density at radius 3 is 2.82 bits per heavy atom. The van der Waals surface area contributed by atoms with E-state index >= 15 is 0 Å². The first-order valence-electron chi connectivity index (χ1n) is 6.67. The number of hydrogen-bond acceptors (Lipinski definition) is 3. The molecule has 2 rings (SSSR count). The molecule has 1 atom stereocenters. The molecule has 0 aromatic heterocycles. The summed E-state index contributed by atoms with van der Waals surface area (Å²) in [5, 5.41) is 3.37. The molecule has 2 aliphatic heterocycles. The number of likely N-dealkylation sites (N-methyl/N-ethyl adjacent to an activating group) is 1. The van der Waals surface area contributed by atoms with Crippen molar-refractivity contribution < 1.29 is 9.53 Å². The first-order valence-corrected chi connectivity index (χ1v) is 6.67. The molecule has 2 aliphatic rings. The van der Waals surface area contributed by atoms with Gasteiger partial charge in [0.15, 0.2) is 0 Å². The average molecular weight is 241 g/mol. The monoisotopic (exact) mass is 241 g/mol. The van der Waals surface area contributed by atoms with E-state index in [9.17, 15) is 4.79 Å². The van der Waals surface area contributed by atoms with Crippen molar-refractivity contribution >= 4 is 6.03 Å². The molecular formula is C12H23N3O2. The van der Waals surface area contributed by atoms with E-state index in [0.29, 0.717) is 19.3 Å². The van der Waals surface area contributed by atoms with Crippen LogP contribution in [0.15, 0.2) is 0 Å². The summed E-state index contributed by atoms with van der Waals surface area (Å²) in [5.74, 6) is 0. The van der Waals surface area contributed by atoms with Crippen LogP contribution in [0.1, 0.15) is 19.8 Å². The van der Waals surface area contributed by atoms with E-state index in [0.717, 1.165) is 45.6 Å². The maximum absolute atomic E-state index is 12.4. The van der Waals surface area contributed by atoms with Gasteiger partial charge in [0.05, 0.1) is 13.2 Å². The first-order chi connectivity index (χ1) is 8.33. The maximum atomic E-state index is 12.4. The van der Waals surface area contributed by atoms with Gasteiger partial charge in [0.25, 0.3) is 0 Å². The van der Waals surface area contributed by atoms with Gasteiger partial charge in [-0.05, 0) is 26.3 Å². The zero-order chi connectivity index (χ0) is 12.1. The minimum atomic E-state index is 0.185. The van der Waals surface area contributed by atoms with Gasteiger partial charge in [-0.2, -0.15) is 0 Å². The van der Waals surface area contributed by atoms with Crippen molar-refractivity contribution in [3.63, 3.8) is 0 Å². The van der Waals surface area contributed by atoms with Crippen molar-refractivity contribution in [3.05, 3.63) is 0 Å². The Hall–Kier alpha value is -0.810. The van der Waals surface area contributed by atoms with Crippen molar-refractivity contribution in [2.45, 2.75) is 25.8 Å². The van der Waals surface area contributed by atoms with Gasteiger partial charge < -0.3 is 19.9 Å². The number of piperidine rings is 1. The normalized spacial score (nSPS) is 25.7. The fourth-order valence-electron chi connectivity index (χ4n) is 2.59. The lowest BCUT2D eigenvalue weighted by Gasteiger charge is -2.38. The summed E-state index contributed by atoms with van der Waals surface area (Å²) < 4.78 is 5.28. The van der Waals surface area contributed by atoms with Crippen LogP contribution in [-0.2, 0) is 4.74 Å². The van der Waals surface area contributed by atoms with Crippen molar-refractivity contribution in [3.8, 4) is 0 Å². The van der Waals surface area contributed by atoms with E-state index in [1.807, 2.05) is 9.80 Å². The molecule has 0 saturated carbocycles. The second-order valence-corrected chi connectivity index (χ2v) is 4.67. The molecule has 2 saturated heterocycles. The molecule has 0 bridgehead atoms. The number of carbonyl (C=O) groups is 1. The lowest BCUT2D eigenvalue weighted by molar-refractivity contribution is 0.0384. The highest BCUT2D eigenvalue weighted by Crippen LogP contribution is 2.13. The predicted octanol–water partition coefficient (Wildman–Crippen LogP) is 0.513. The number of morpholine rings is 1. The fourth-order valence-corrected chi connectivity index (χ4v) is 2.59. The fraction of sp³-hybridized carbons (Fsp3) is 0.917. The Morgan fingerprint density at radius 2 is 2.24 bits per heavy atom. The van der Waals surface area contributed by atoms with Crippen molar-refractivity contribution in [2.24, 2.45) is 0 Å². The molecule has 0 aliphatic carbocycles. The SMILES string of the molecule is CCN(C(=O)N1CCOCC1)C1CCCNC1. The number of urea groups is 1. The van der Waals surface area contributed by atoms with Gasteiger partial charge in [-0.1, -0.05) is 0 Å². The molecule has 0 aromatic carbocycles. The standard InChI is InChI=1S/C12H23N3O2/c1-2-15(11-4-3-5-13-10-11)12(16)14-6-8-17-9-7-14/h11,13H,2-10H2,1H3. The Labute approximate surface area is 103 Å². The molecule has 2 heterocycles. The predicted molar refractivity (Wildman–Crippen MR) is 66.1 cm³/mol. The maximum Gasteiger partial charge on any atom is 0.320 e. The second kappa shape index (κ2) is 6.21. The Morgan fingerprint density at radius 1 is 1.47 bits per heavy atom. The summed E-state index contributed by atoms with van der Waals surface area (Å²) in [6.07, 6.45) is 2.29. The van der Waals surface area contributed by atoms with Crippen molar-refractivity contribution in [2.75, 3.05) is 45.9 Å². The van der Waals surface area contributed by atoms with Crippen LogP contribution < -0.4 is 5.32 Å². The van der Waals surface area contributed by atoms with Crippen LogP contribution in [0, 0.1) is 0 Å². The lowest BCUT2D eigenvalue weighted by Crippen LogP contribution is -2.55. The van der Waals surface area contributed by atoms with Gasteiger partial charge >= 0.3 is 6.03 Å². The molecule has 1 unspecified atom stereocenters. The van der Waals surface area contributed by atoms with Crippen LogP contribution in [-0.4, -0.2) is 67.8 Å². The molecule has 5 heteroatoms. The number of hydrogen-bond donors (Lipinski definition) is 1. The van der Waals surface area contributed by atoms with Gasteiger partial charge in [0.2, 0.25) is 0 Å². The van der Waals surface area contributed by atoms with E-state index in [4.69, 9.17) is 4.74 Å². The third-order valence-electron chi connectivity index (χ3n) is 3.58.